The molecule has 0 saturated carbocycles. The second kappa shape index (κ2) is 8.52. The molecule has 28 heavy (non-hydrogen) atoms. The van der Waals surface area contributed by atoms with Crippen molar-refractivity contribution in [2.45, 2.75) is 57.8 Å². The van der Waals surface area contributed by atoms with Crippen molar-refractivity contribution in [3.05, 3.63) is 24.3 Å². The molecule has 7 nitrogen and oxygen atoms in total. The van der Waals surface area contributed by atoms with Gasteiger partial charge in [-0.05, 0) is 58.9 Å². The minimum absolute atomic E-state index is 0.00757. The molecule has 3 unspecified atom stereocenters. The minimum atomic E-state index is -3.99. The van der Waals surface area contributed by atoms with Gasteiger partial charge in [-0.15, -0.1) is 0 Å². The molecule has 2 rings (SSSR count). The third-order valence-electron chi connectivity index (χ3n) is 4.10. The number of rotatable bonds is 5. The fraction of sp³-hybridized carbons (Fsp3) is 0.550. The Morgan fingerprint density at radius 3 is 2.43 bits per heavy atom. The van der Waals surface area contributed by atoms with Crippen LogP contribution in [0.15, 0.2) is 29.2 Å². The highest BCUT2D eigenvalue weighted by atomic mass is 32.2. The first-order chi connectivity index (χ1) is 12.9. The van der Waals surface area contributed by atoms with Crippen LogP contribution in [0.4, 0.5) is 0 Å². The molecule has 1 aromatic rings. The molecule has 154 valence electrons. The average Bonchev–Trinajstić information content (AvgIpc) is 2.57. The van der Waals surface area contributed by atoms with E-state index in [1.54, 1.807) is 13.8 Å². The normalized spacial score (nSPS) is 23.5. The number of carbonyl (C=O) groups is 1. The molecule has 1 fully saturated rings. The monoisotopic (exact) mass is 409 g/mol. The summed E-state index contributed by atoms with van der Waals surface area (Å²) in [6, 6.07) is 4.62. The van der Waals surface area contributed by atoms with Gasteiger partial charge in [-0.2, -0.15) is 4.31 Å². The van der Waals surface area contributed by atoms with Gasteiger partial charge < -0.3 is 14.6 Å². The van der Waals surface area contributed by atoms with E-state index < -0.39 is 34.2 Å². The third-order valence-corrected chi connectivity index (χ3v) is 5.96. The zero-order valence-electron chi connectivity index (χ0n) is 16.8. The molecule has 1 N–H and O–H groups in total. The van der Waals surface area contributed by atoms with Crippen molar-refractivity contribution in [1.29, 1.82) is 0 Å². The molecule has 0 amide bonds. The predicted octanol–water partition coefficient (Wildman–Crippen LogP) is 2.37. The zero-order chi connectivity index (χ0) is 21.1. The van der Waals surface area contributed by atoms with Gasteiger partial charge in [0.25, 0.3) is 0 Å². The van der Waals surface area contributed by atoms with Crippen LogP contribution in [0.2, 0.25) is 0 Å². The molecule has 0 bridgehead atoms. The Labute approximate surface area is 166 Å². The van der Waals surface area contributed by atoms with Crippen molar-refractivity contribution in [3.63, 3.8) is 0 Å². The van der Waals surface area contributed by atoms with E-state index in [0.717, 1.165) is 4.31 Å². The molecule has 1 saturated heterocycles. The molecule has 0 spiro atoms. The number of aliphatic carboxylic acids is 1. The summed E-state index contributed by atoms with van der Waals surface area (Å²) in [6.45, 7) is 9.44. The van der Waals surface area contributed by atoms with E-state index in [4.69, 9.17) is 9.47 Å². The van der Waals surface area contributed by atoms with Crippen LogP contribution >= 0.6 is 0 Å². The van der Waals surface area contributed by atoms with Crippen molar-refractivity contribution >= 4 is 16.0 Å². The van der Waals surface area contributed by atoms with Gasteiger partial charge in [0, 0.05) is 12.0 Å². The minimum Gasteiger partial charge on any atom is -0.481 e. The molecule has 1 aliphatic rings. The summed E-state index contributed by atoms with van der Waals surface area (Å²) in [4.78, 5) is 11.6. The number of carboxylic acids is 1. The van der Waals surface area contributed by atoms with Crippen LogP contribution in [0.25, 0.3) is 0 Å². The van der Waals surface area contributed by atoms with Gasteiger partial charge in [0.15, 0.2) is 0 Å². The van der Waals surface area contributed by atoms with Gasteiger partial charge in [0.05, 0.1) is 17.1 Å². The molecular weight excluding hydrogens is 382 g/mol. The van der Waals surface area contributed by atoms with E-state index in [2.05, 4.69) is 11.8 Å². The number of sulfonamides is 1. The summed E-state index contributed by atoms with van der Waals surface area (Å²) in [5.74, 6) is 5.22. The third kappa shape index (κ3) is 5.47. The lowest BCUT2D eigenvalue weighted by molar-refractivity contribution is -0.155. The van der Waals surface area contributed by atoms with Gasteiger partial charge in [0.2, 0.25) is 10.0 Å². The van der Waals surface area contributed by atoms with E-state index in [0.29, 0.717) is 5.75 Å². The number of ether oxygens (including phenoxy) is 2. The van der Waals surface area contributed by atoms with Crippen molar-refractivity contribution < 1.29 is 27.8 Å². The van der Waals surface area contributed by atoms with E-state index in [9.17, 15) is 18.3 Å². The van der Waals surface area contributed by atoms with Gasteiger partial charge >= 0.3 is 5.97 Å². The maximum atomic E-state index is 13.0. The quantitative estimate of drug-likeness (QED) is 0.751. The standard InChI is InChI=1S/C20H27NO6S/c1-14-13-21(18(19(22)23)15(2)27-14)28(24,25)17-9-7-16(8-10-17)26-12-6-11-20(3,4)5/h7-10,14-15,18H,12-13H2,1-5H3,(H,22,23). The molecule has 0 aromatic heterocycles. The summed E-state index contributed by atoms with van der Waals surface area (Å²) in [5, 5.41) is 9.48. The number of benzene rings is 1. The Kier molecular flexibility index (Phi) is 6.75. The van der Waals surface area contributed by atoms with E-state index >= 15 is 0 Å². The van der Waals surface area contributed by atoms with E-state index in [1.165, 1.54) is 24.3 Å². The smallest absolute Gasteiger partial charge is 0.324 e. The van der Waals surface area contributed by atoms with Crippen LogP contribution in [-0.4, -0.2) is 55.2 Å². The fourth-order valence-corrected chi connectivity index (χ4v) is 4.64. The predicted molar refractivity (Wildman–Crippen MR) is 104 cm³/mol. The summed E-state index contributed by atoms with van der Waals surface area (Å²) in [7, 11) is -3.99. The summed E-state index contributed by atoms with van der Waals surface area (Å²) >= 11 is 0. The lowest BCUT2D eigenvalue weighted by Crippen LogP contribution is -2.58. The van der Waals surface area contributed by atoms with Gasteiger partial charge in [-0.1, -0.05) is 11.8 Å². The van der Waals surface area contributed by atoms with Crippen LogP contribution < -0.4 is 4.74 Å². The first-order valence-corrected chi connectivity index (χ1v) is 10.5. The Hall–Kier alpha value is -2.08. The molecule has 8 heteroatoms. The van der Waals surface area contributed by atoms with Gasteiger partial charge in [0.1, 0.15) is 18.4 Å². The molecule has 0 radical (unpaired) electrons. The summed E-state index contributed by atoms with van der Waals surface area (Å²) < 4.78 is 38.0. The van der Waals surface area contributed by atoms with Crippen LogP contribution in [0.1, 0.15) is 34.6 Å². The number of nitrogens with zero attached hydrogens (tertiary/aromatic N) is 1. The molecule has 1 aliphatic heterocycles. The maximum Gasteiger partial charge on any atom is 0.324 e. The lowest BCUT2D eigenvalue weighted by Gasteiger charge is -2.39. The van der Waals surface area contributed by atoms with Crippen molar-refractivity contribution in [3.8, 4) is 17.6 Å². The lowest BCUT2D eigenvalue weighted by atomic mass is 9.98. The number of carboxylic acid groups (broad SMARTS) is 1. The van der Waals surface area contributed by atoms with Gasteiger partial charge in [-0.25, -0.2) is 8.42 Å². The van der Waals surface area contributed by atoms with E-state index in [1.807, 2.05) is 20.8 Å². The fourth-order valence-electron chi connectivity index (χ4n) is 2.92. The summed E-state index contributed by atoms with van der Waals surface area (Å²) in [5.41, 5.74) is -0.117. The number of morpholine rings is 1. The topological polar surface area (TPSA) is 93.1 Å². The van der Waals surface area contributed by atoms with E-state index in [-0.39, 0.29) is 23.5 Å². The SMILES string of the molecule is CC1CN(S(=O)(=O)c2ccc(OCC#CC(C)(C)C)cc2)C(C(=O)O)C(C)O1. The second-order valence-electron chi connectivity index (χ2n) is 7.82. The van der Waals surface area contributed by atoms with Crippen molar-refractivity contribution in [1.82, 2.24) is 4.31 Å². The number of hydrogen-bond acceptors (Lipinski definition) is 5. The highest BCUT2D eigenvalue weighted by Crippen LogP contribution is 2.27. The van der Waals surface area contributed by atoms with Crippen molar-refractivity contribution in [2.75, 3.05) is 13.2 Å². The molecule has 1 aromatic carbocycles. The van der Waals surface area contributed by atoms with Crippen LogP contribution in [-0.2, 0) is 19.6 Å². The first-order valence-electron chi connectivity index (χ1n) is 9.05. The second-order valence-corrected chi connectivity index (χ2v) is 9.71. The molecule has 3 atom stereocenters. The Morgan fingerprint density at radius 2 is 1.89 bits per heavy atom. The van der Waals surface area contributed by atoms with Crippen LogP contribution in [0.5, 0.6) is 5.75 Å². The summed E-state index contributed by atoms with van der Waals surface area (Å²) in [6.07, 6.45) is -1.15. The maximum absolute atomic E-state index is 13.0. The Bertz CT molecular complexity index is 861. The van der Waals surface area contributed by atoms with Crippen LogP contribution in [0, 0.1) is 17.3 Å². The van der Waals surface area contributed by atoms with Crippen LogP contribution in [0.3, 0.4) is 0 Å². The Morgan fingerprint density at radius 1 is 1.29 bits per heavy atom. The highest BCUT2D eigenvalue weighted by molar-refractivity contribution is 7.89. The largest absolute Gasteiger partial charge is 0.481 e. The molecule has 1 heterocycles. The van der Waals surface area contributed by atoms with Gasteiger partial charge in [-0.3, -0.25) is 4.79 Å². The molecule has 0 aliphatic carbocycles. The highest BCUT2D eigenvalue weighted by Gasteiger charge is 2.44. The number of hydrogen-bond donors (Lipinski definition) is 1. The first kappa shape index (κ1) is 22.2. The van der Waals surface area contributed by atoms with Crippen molar-refractivity contribution in [2.24, 2.45) is 5.41 Å². The zero-order valence-corrected chi connectivity index (χ0v) is 17.6. The molecular formula is C20H27NO6S. The average molecular weight is 410 g/mol. The Balaban J connectivity index is 2.18.